The van der Waals surface area contributed by atoms with Gasteiger partial charge in [-0.2, -0.15) is 0 Å². The van der Waals surface area contributed by atoms with Crippen molar-refractivity contribution in [1.82, 2.24) is 10.2 Å². The van der Waals surface area contributed by atoms with Gasteiger partial charge in [0, 0.05) is 19.1 Å². The number of rotatable bonds is 2. The minimum absolute atomic E-state index is 0.276. The molecule has 2 amide bonds. The van der Waals surface area contributed by atoms with Crippen LogP contribution >= 0.6 is 0 Å². The molecule has 4 nitrogen and oxygen atoms in total. The number of hydrogen-bond donors (Lipinski definition) is 2. The first-order chi connectivity index (χ1) is 6.25. The Morgan fingerprint density at radius 3 is 2.92 bits per heavy atom. The molecule has 1 saturated heterocycles. The maximum atomic E-state index is 11.1. The number of likely N-dealkylation sites (N-methyl/N-ethyl adjacent to an activating group) is 1. The van der Waals surface area contributed by atoms with Crippen LogP contribution in [-0.4, -0.2) is 37.1 Å². The topological polar surface area (TPSA) is 58.4 Å². The van der Waals surface area contributed by atoms with Gasteiger partial charge in [0.2, 0.25) is 0 Å². The number of likely N-dealkylation sites (tertiary alicyclic amines) is 1. The number of carbonyl (C=O) groups is 1. The number of nitrogens with two attached hydrogens (primary N) is 1. The average molecular weight is 185 g/mol. The van der Waals surface area contributed by atoms with Gasteiger partial charge in [0.05, 0.1) is 0 Å². The molecule has 13 heavy (non-hydrogen) atoms. The fourth-order valence-electron chi connectivity index (χ4n) is 1.92. The Balaban J connectivity index is 2.55. The molecule has 1 atom stereocenters. The van der Waals surface area contributed by atoms with Gasteiger partial charge in [-0.3, -0.25) is 0 Å². The third-order valence-electron chi connectivity index (χ3n) is 2.60. The first kappa shape index (κ1) is 10.3. The Bertz CT molecular complexity index is 172. The van der Waals surface area contributed by atoms with Gasteiger partial charge in [-0.15, -0.1) is 0 Å². The molecule has 76 valence electrons. The smallest absolute Gasteiger partial charge is 0.315 e. The lowest BCUT2D eigenvalue weighted by Gasteiger charge is -2.28. The molecule has 1 unspecified atom stereocenters. The van der Waals surface area contributed by atoms with Crippen molar-refractivity contribution in [1.29, 1.82) is 0 Å². The van der Waals surface area contributed by atoms with Crippen molar-refractivity contribution in [3.63, 3.8) is 0 Å². The molecule has 0 aromatic heterocycles. The van der Waals surface area contributed by atoms with E-state index in [0.29, 0.717) is 6.04 Å². The molecule has 1 fully saturated rings. The summed E-state index contributed by atoms with van der Waals surface area (Å²) in [5.74, 6) is 0. The molecule has 0 bridgehead atoms. The number of carbonyl (C=O) groups excluding carboxylic acids is 1. The van der Waals surface area contributed by atoms with Gasteiger partial charge in [-0.1, -0.05) is 12.8 Å². The average Bonchev–Trinajstić information content (AvgIpc) is 2.30. The van der Waals surface area contributed by atoms with Crippen LogP contribution in [0.5, 0.6) is 0 Å². The van der Waals surface area contributed by atoms with E-state index in [4.69, 9.17) is 5.73 Å². The van der Waals surface area contributed by atoms with Crippen LogP contribution in [0, 0.1) is 0 Å². The predicted octanol–water partition coefficient (Wildman–Crippen LogP) is 0.529. The predicted molar refractivity (Wildman–Crippen MR) is 52.5 cm³/mol. The highest BCUT2D eigenvalue weighted by molar-refractivity contribution is 5.72. The highest BCUT2D eigenvalue weighted by Crippen LogP contribution is 2.15. The number of primary amides is 1. The van der Waals surface area contributed by atoms with Gasteiger partial charge in [0.25, 0.3) is 0 Å². The van der Waals surface area contributed by atoms with Crippen molar-refractivity contribution in [2.24, 2.45) is 5.73 Å². The molecular weight excluding hydrogens is 166 g/mol. The van der Waals surface area contributed by atoms with Crippen molar-refractivity contribution in [2.45, 2.75) is 31.7 Å². The second kappa shape index (κ2) is 5.07. The van der Waals surface area contributed by atoms with E-state index < -0.39 is 0 Å². The summed E-state index contributed by atoms with van der Waals surface area (Å²) in [6, 6.07) is 0.0205. The molecule has 1 aliphatic rings. The van der Waals surface area contributed by atoms with E-state index in [-0.39, 0.29) is 6.03 Å². The molecule has 0 radical (unpaired) electrons. The van der Waals surface area contributed by atoms with Gasteiger partial charge in [-0.25, -0.2) is 4.79 Å². The van der Waals surface area contributed by atoms with Crippen LogP contribution in [0.4, 0.5) is 4.79 Å². The Morgan fingerprint density at radius 1 is 1.54 bits per heavy atom. The van der Waals surface area contributed by atoms with Gasteiger partial charge >= 0.3 is 6.03 Å². The maximum Gasteiger partial charge on any atom is 0.315 e. The summed E-state index contributed by atoms with van der Waals surface area (Å²) in [6.45, 7) is 1.67. The highest BCUT2D eigenvalue weighted by atomic mass is 16.2. The zero-order valence-corrected chi connectivity index (χ0v) is 8.25. The SMILES string of the molecule is CNCC1CCCCCN1C(N)=O. The molecule has 0 saturated carbocycles. The van der Waals surface area contributed by atoms with E-state index in [2.05, 4.69) is 5.32 Å². The van der Waals surface area contributed by atoms with Crippen LogP contribution in [0.25, 0.3) is 0 Å². The van der Waals surface area contributed by atoms with Crippen molar-refractivity contribution in [3.05, 3.63) is 0 Å². The zero-order chi connectivity index (χ0) is 9.68. The molecule has 1 rings (SSSR count). The Hall–Kier alpha value is -0.770. The van der Waals surface area contributed by atoms with E-state index in [9.17, 15) is 4.79 Å². The zero-order valence-electron chi connectivity index (χ0n) is 8.25. The van der Waals surface area contributed by atoms with E-state index in [1.165, 1.54) is 12.8 Å². The summed E-state index contributed by atoms with van der Waals surface area (Å²) in [6.07, 6.45) is 4.58. The molecule has 4 heteroatoms. The molecule has 3 N–H and O–H groups in total. The minimum atomic E-state index is -0.276. The van der Waals surface area contributed by atoms with Crippen LogP contribution in [0.1, 0.15) is 25.7 Å². The highest BCUT2D eigenvalue weighted by Gasteiger charge is 2.22. The number of nitrogens with zero attached hydrogens (tertiary/aromatic N) is 1. The van der Waals surface area contributed by atoms with Crippen molar-refractivity contribution in [2.75, 3.05) is 20.1 Å². The second-order valence-electron chi connectivity index (χ2n) is 3.59. The van der Waals surface area contributed by atoms with E-state index in [1.54, 1.807) is 4.90 Å². The normalized spacial score (nSPS) is 24.1. The second-order valence-corrected chi connectivity index (χ2v) is 3.59. The standard InChI is InChI=1S/C9H19N3O/c1-11-7-8-5-3-2-4-6-12(8)9(10)13/h8,11H,2-7H2,1H3,(H2,10,13). The number of nitrogens with one attached hydrogen (secondary N) is 1. The Morgan fingerprint density at radius 2 is 2.31 bits per heavy atom. The summed E-state index contributed by atoms with van der Waals surface area (Å²) in [5.41, 5.74) is 5.32. The Labute approximate surface area is 79.5 Å². The summed E-state index contributed by atoms with van der Waals surface area (Å²) < 4.78 is 0. The first-order valence-corrected chi connectivity index (χ1v) is 4.96. The summed E-state index contributed by atoms with van der Waals surface area (Å²) in [7, 11) is 1.91. The molecule has 0 aromatic rings. The van der Waals surface area contributed by atoms with Gasteiger partial charge in [0.1, 0.15) is 0 Å². The quantitative estimate of drug-likeness (QED) is 0.659. The first-order valence-electron chi connectivity index (χ1n) is 4.96. The van der Waals surface area contributed by atoms with Gasteiger partial charge in [0.15, 0.2) is 0 Å². The lowest BCUT2D eigenvalue weighted by Crippen LogP contribution is -2.47. The number of hydrogen-bond acceptors (Lipinski definition) is 2. The fraction of sp³-hybridized carbons (Fsp3) is 0.889. The largest absolute Gasteiger partial charge is 0.351 e. The van der Waals surface area contributed by atoms with Crippen LogP contribution in [-0.2, 0) is 0 Å². The lowest BCUT2D eigenvalue weighted by molar-refractivity contribution is 0.184. The molecule has 0 aromatic carbocycles. The van der Waals surface area contributed by atoms with Crippen LogP contribution < -0.4 is 11.1 Å². The molecule has 0 aliphatic carbocycles. The molecular formula is C9H19N3O. The molecule has 1 aliphatic heterocycles. The number of urea groups is 1. The Kier molecular flexibility index (Phi) is 4.02. The van der Waals surface area contributed by atoms with Crippen LogP contribution in [0.3, 0.4) is 0 Å². The van der Waals surface area contributed by atoms with Crippen LogP contribution in [0.15, 0.2) is 0 Å². The third-order valence-corrected chi connectivity index (χ3v) is 2.60. The van der Waals surface area contributed by atoms with E-state index in [0.717, 1.165) is 25.9 Å². The minimum Gasteiger partial charge on any atom is -0.351 e. The lowest BCUT2D eigenvalue weighted by atomic mass is 10.1. The monoisotopic (exact) mass is 185 g/mol. The fourth-order valence-corrected chi connectivity index (χ4v) is 1.92. The number of amides is 2. The summed E-state index contributed by atoms with van der Waals surface area (Å²) >= 11 is 0. The van der Waals surface area contributed by atoms with Crippen molar-refractivity contribution in [3.8, 4) is 0 Å². The van der Waals surface area contributed by atoms with E-state index in [1.807, 2.05) is 7.05 Å². The van der Waals surface area contributed by atoms with Crippen molar-refractivity contribution >= 4 is 6.03 Å². The third kappa shape index (κ3) is 2.88. The van der Waals surface area contributed by atoms with Gasteiger partial charge in [-0.05, 0) is 19.9 Å². The molecule has 1 heterocycles. The summed E-state index contributed by atoms with van der Waals surface area (Å²) in [4.78, 5) is 12.9. The van der Waals surface area contributed by atoms with Gasteiger partial charge < -0.3 is 16.0 Å². The van der Waals surface area contributed by atoms with Crippen LogP contribution in [0.2, 0.25) is 0 Å². The van der Waals surface area contributed by atoms with E-state index >= 15 is 0 Å². The summed E-state index contributed by atoms with van der Waals surface area (Å²) in [5, 5.41) is 3.10. The maximum absolute atomic E-state index is 11.1. The molecule has 0 spiro atoms. The van der Waals surface area contributed by atoms with Crippen molar-refractivity contribution < 1.29 is 4.79 Å².